The number of nitrogens with zero attached hydrogens (tertiary/aromatic N) is 1. The fourth-order valence-corrected chi connectivity index (χ4v) is 3.05. The number of carboxylic acid groups (broad SMARTS) is 1. The Hall–Kier alpha value is -2.04. The summed E-state index contributed by atoms with van der Waals surface area (Å²) in [5, 5.41) is 9.28. The van der Waals surface area contributed by atoms with E-state index in [1.807, 2.05) is 31.2 Å². The van der Waals surface area contributed by atoms with Crippen molar-refractivity contribution < 1.29 is 19.4 Å². The minimum atomic E-state index is -0.905. The van der Waals surface area contributed by atoms with Crippen LogP contribution in [0.4, 0.5) is 0 Å². The number of ether oxygens (including phenoxy) is 1. The van der Waals surface area contributed by atoms with Gasteiger partial charge in [0, 0.05) is 13.0 Å². The van der Waals surface area contributed by atoms with Crippen LogP contribution in [0.1, 0.15) is 44.1 Å². The first-order valence-electron chi connectivity index (χ1n) is 7.69. The summed E-state index contributed by atoms with van der Waals surface area (Å²) in [6, 6.07) is 6.95. The molecule has 0 unspecified atom stereocenters. The zero-order valence-corrected chi connectivity index (χ0v) is 13.1. The van der Waals surface area contributed by atoms with E-state index in [0.29, 0.717) is 19.4 Å². The van der Waals surface area contributed by atoms with Gasteiger partial charge < -0.3 is 14.7 Å². The van der Waals surface area contributed by atoms with Crippen LogP contribution in [0.2, 0.25) is 0 Å². The van der Waals surface area contributed by atoms with Crippen molar-refractivity contribution in [3.8, 4) is 5.75 Å². The van der Waals surface area contributed by atoms with Gasteiger partial charge in [-0.3, -0.25) is 4.79 Å². The first-order chi connectivity index (χ1) is 10.5. The van der Waals surface area contributed by atoms with Crippen LogP contribution in [0.3, 0.4) is 0 Å². The third-order valence-electron chi connectivity index (χ3n) is 4.26. The van der Waals surface area contributed by atoms with E-state index in [0.717, 1.165) is 24.2 Å². The van der Waals surface area contributed by atoms with Gasteiger partial charge in [0.1, 0.15) is 11.8 Å². The van der Waals surface area contributed by atoms with Crippen LogP contribution >= 0.6 is 0 Å². The number of amides is 1. The Kier molecular flexibility index (Phi) is 5.41. The number of piperidine rings is 1. The largest absolute Gasteiger partial charge is 0.496 e. The quantitative estimate of drug-likeness (QED) is 0.908. The molecule has 1 aliphatic heterocycles. The lowest BCUT2D eigenvalue weighted by Gasteiger charge is -2.33. The van der Waals surface area contributed by atoms with Gasteiger partial charge in [0.05, 0.1) is 7.11 Å². The number of methoxy groups -OCH3 is 1. The van der Waals surface area contributed by atoms with Gasteiger partial charge in [-0.05, 0) is 36.8 Å². The number of benzene rings is 1. The predicted octanol–water partition coefficient (Wildman–Crippen LogP) is 2.65. The van der Waals surface area contributed by atoms with Gasteiger partial charge in [-0.2, -0.15) is 0 Å². The number of carbonyl (C=O) groups excluding carboxylic acids is 1. The molecule has 2 atom stereocenters. The highest BCUT2D eigenvalue weighted by molar-refractivity contribution is 5.84. The van der Waals surface area contributed by atoms with E-state index in [1.54, 1.807) is 7.11 Å². The number of para-hydroxylation sites is 1. The van der Waals surface area contributed by atoms with Crippen molar-refractivity contribution in [1.82, 2.24) is 4.90 Å². The molecule has 1 heterocycles. The molecule has 2 rings (SSSR count). The predicted molar refractivity (Wildman–Crippen MR) is 83.0 cm³/mol. The summed E-state index contributed by atoms with van der Waals surface area (Å²) >= 11 is 0. The van der Waals surface area contributed by atoms with Crippen LogP contribution < -0.4 is 4.74 Å². The Labute approximate surface area is 130 Å². The molecule has 0 bridgehead atoms. The maximum absolute atomic E-state index is 12.5. The normalized spacial score (nSPS) is 19.5. The smallest absolute Gasteiger partial charge is 0.326 e. The summed E-state index contributed by atoms with van der Waals surface area (Å²) in [5.41, 5.74) is 0.974. The molecule has 1 saturated heterocycles. The zero-order chi connectivity index (χ0) is 16.1. The van der Waals surface area contributed by atoms with E-state index in [9.17, 15) is 14.7 Å². The van der Waals surface area contributed by atoms with Crippen molar-refractivity contribution in [2.45, 2.75) is 44.6 Å². The van der Waals surface area contributed by atoms with Gasteiger partial charge in [0.2, 0.25) is 5.91 Å². The molecule has 0 spiro atoms. The monoisotopic (exact) mass is 305 g/mol. The second-order valence-corrected chi connectivity index (χ2v) is 5.78. The highest BCUT2D eigenvalue weighted by Gasteiger charge is 2.32. The fourth-order valence-electron chi connectivity index (χ4n) is 3.05. The van der Waals surface area contributed by atoms with Gasteiger partial charge in [0.15, 0.2) is 0 Å². The molecule has 0 aromatic heterocycles. The van der Waals surface area contributed by atoms with Crippen LogP contribution in [0.5, 0.6) is 5.75 Å². The minimum Gasteiger partial charge on any atom is -0.496 e. The standard InChI is InChI=1S/C17H23NO4/c1-12(13-7-3-4-9-15(13)22-2)11-16(19)18-10-6-5-8-14(18)17(20)21/h3-4,7,9,12,14H,5-6,8,10-11H2,1-2H3,(H,20,21)/t12-,14+/m1/s1. The van der Waals surface area contributed by atoms with Crippen LogP contribution in [0.25, 0.3) is 0 Å². The molecule has 1 aromatic carbocycles. The van der Waals surface area contributed by atoms with Gasteiger partial charge in [-0.25, -0.2) is 4.79 Å². The Morgan fingerprint density at radius 1 is 1.36 bits per heavy atom. The Morgan fingerprint density at radius 2 is 2.09 bits per heavy atom. The Bertz CT molecular complexity index is 543. The molecule has 5 nitrogen and oxygen atoms in total. The lowest BCUT2D eigenvalue weighted by atomic mass is 9.94. The van der Waals surface area contributed by atoms with Gasteiger partial charge >= 0.3 is 5.97 Å². The van der Waals surface area contributed by atoms with E-state index in [2.05, 4.69) is 0 Å². The molecular formula is C17H23NO4. The molecule has 1 N–H and O–H groups in total. The summed E-state index contributed by atoms with van der Waals surface area (Å²) in [6.07, 6.45) is 2.58. The molecular weight excluding hydrogens is 282 g/mol. The molecule has 22 heavy (non-hydrogen) atoms. The van der Waals surface area contributed by atoms with Crippen molar-refractivity contribution in [2.24, 2.45) is 0 Å². The SMILES string of the molecule is COc1ccccc1[C@H](C)CC(=O)N1CCCC[C@H]1C(=O)O. The third-order valence-corrected chi connectivity index (χ3v) is 4.26. The minimum absolute atomic E-state index is 0.0139. The number of hydrogen-bond acceptors (Lipinski definition) is 3. The summed E-state index contributed by atoms with van der Waals surface area (Å²) in [4.78, 5) is 25.4. The van der Waals surface area contributed by atoms with Crippen LogP contribution in [0.15, 0.2) is 24.3 Å². The molecule has 0 saturated carbocycles. The molecule has 1 aromatic rings. The number of carbonyl (C=O) groups is 2. The molecule has 0 radical (unpaired) electrons. The number of carboxylic acids is 1. The zero-order valence-electron chi connectivity index (χ0n) is 13.1. The molecule has 5 heteroatoms. The van der Waals surface area contributed by atoms with E-state index in [4.69, 9.17) is 4.74 Å². The molecule has 1 fully saturated rings. The van der Waals surface area contributed by atoms with Crippen LogP contribution in [0, 0.1) is 0 Å². The highest BCUT2D eigenvalue weighted by Crippen LogP contribution is 2.30. The van der Waals surface area contributed by atoms with Gasteiger partial charge in [-0.1, -0.05) is 25.1 Å². The van der Waals surface area contributed by atoms with Crippen LogP contribution in [-0.4, -0.2) is 41.6 Å². The fraction of sp³-hybridized carbons (Fsp3) is 0.529. The number of likely N-dealkylation sites (tertiary alicyclic amines) is 1. The first kappa shape index (κ1) is 16.3. The molecule has 1 aliphatic rings. The number of aliphatic carboxylic acids is 1. The number of hydrogen-bond donors (Lipinski definition) is 1. The molecule has 120 valence electrons. The van der Waals surface area contributed by atoms with Crippen molar-refractivity contribution in [2.75, 3.05) is 13.7 Å². The van der Waals surface area contributed by atoms with Crippen molar-refractivity contribution in [1.29, 1.82) is 0 Å². The Morgan fingerprint density at radius 3 is 2.77 bits per heavy atom. The summed E-state index contributed by atoms with van der Waals surface area (Å²) in [6.45, 7) is 2.50. The Balaban J connectivity index is 2.08. The van der Waals surface area contributed by atoms with Gasteiger partial charge in [0.25, 0.3) is 0 Å². The second-order valence-electron chi connectivity index (χ2n) is 5.78. The summed E-state index contributed by atoms with van der Waals surface area (Å²) in [5.74, 6) is -0.250. The number of rotatable bonds is 5. The van der Waals surface area contributed by atoms with Crippen molar-refractivity contribution in [3.05, 3.63) is 29.8 Å². The average Bonchev–Trinajstić information content (AvgIpc) is 2.54. The topological polar surface area (TPSA) is 66.8 Å². The van der Waals surface area contributed by atoms with Crippen molar-refractivity contribution >= 4 is 11.9 Å². The second kappa shape index (κ2) is 7.29. The van der Waals surface area contributed by atoms with Crippen LogP contribution in [-0.2, 0) is 9.59 Å². The third kappa shape index (κ3) is 3.59. The van der Waals surface area contributed by atoms with Gasteiger partial charge in [-0.15, -0.1) is 0 Å². The van der Waals surface area contributed by atoms with Crippen molar-refractivity contribution in [3.63, 3.8) is 0 Å². The summed E-state index contributed by atoms with van der Waals surface area (Å²) in [7, 11) is 1.61. The van der Waals surface area contributed by atoms with E-state index in [1.165, 1.54) is 4.90 Å². The lowest BCUT2D eigenvalue weighted by Crippen LogP contribution is -2.48. The molecule has 1 amide bonds. The maximum atomic E-state index is 12.5. The van der Waals surface area contributed by atoms with E-state index in [-0.39, 0.29) is 11.8 Å². The highest BCUT2D eigenvalue weighted by atomic mass is 16.5. The maximum Gasteiger partial charge on any atom is 0.326 e. The summed E-state index contributed by atoms with van der Waals surface area (Å²) < 4.78 is 5.33. The molecule has 0 aliphatic carbocycles. The first-order valence-corrected chi connectivity index (χ1v) is 7.69. The average molecular weight is 305 g/mol. The van der Waals surface area contributed by atoms with E-state index >= 15 is 0 Å². The van der Waals surface area contributed by atoms with E-state index < -0.39 is 12.0 Å². The lowest BCUT2D eigenvalue weighted by molar-refractivity contribution is -0.152.